The van der Waals surface area contributed by atoms with Gasteiger partial charge in [0, 0.05) is 6.20 Å². The Morgan fingerprint density at radius 1 is 1.58 bits per heavy atom. The van der Waals surface area contributed by atoms with Crippen LogP contribution in [-0.2, 0) is 4.74 Å². The van der Waals surface area contributed by atoms with Crippen molar-refractivity contribution in [1.29, 1.82) is 0 Å². The van der Waals surface area contributed by atoms with Crippen LogP contribution in [0.1, 0.15) is 20.1 Å². The van der Waals surface area contributed by atoms with Gasteiger partial charge in [0.2, 0.25) is 0 Å². The molecular weight excluding hydrogens is 257 g/mol. The highest BCUT2D eigenvalue weighted by Gasteiger charge is 2.27. The van der Waals surface area contributed by atoms with Gasteiger partial charge in [-0.1, -0.05) is 0 Å². The lowest BCUT2D eigenvalue weighted by molar-refractivity contribution is -0.132. The molecule has 0 amide bonds. The van der Waals surface area contributed by atoms with E-state index in [4.69, 9.17) is 15.6 Å². The monoisotopic (exact) mass is 275 g/mol. The molecule has 0 aliphatic heterocycles. The van der Waals surface area contributed by atoms with E-state index < -0.39 is 36.9 Å². The Labute approximate surface area is 109 Å². The van der Waals surface area contributed by atoms with E-state index in [0.29, 0.717) is 0 Å². The molecule has 1 heterocycles. The lowest BCUT2D eigenvalue weighted by Crippen LogP contribution is -2.40. The fourth-order valence-electron chi connectivity index (χ4n) is 1.55. The van der Waals surface area contributed by atoms with Crippen LogP contribution >= 0.6 is 0 Å². The third-order valence-corrected chi connectivity index (χ3v) is 2.65. The van der Waals surface area contributed by atoms with Gasteiger partial charge in [-0.05, 0) is 19.9 Å². The second kappa shape index (κ2) is 6.60. The lowest BCUT2D eigenvalue weighted by atomic mass is 10.1. The van der Waals surface area contributed by atoms with Crippen molar-refractivity contribution >= 4 is 5.82 Å². The van der Waals surface area contributed by atoms with Gasteiger partial charge >= 0.3 is 5.69 Å². The zero-order valence-corrected chi connectivity index (χ0v) is 10.7. The zero-order chi connectivity index (χ0) is 14.6. The van der Waals surface area contributed by atoms with E-state index in [0.717, 1.165) is 11.5 Å². The number of rotatable bonds is 6. The number of nitrogen functional groups attached to an aromatic ring is 1. The molecule has 0 aromatic carbocycles. The second-order valence-corrected chi connectivity index (χ2v) is 4.17. The first-order valence-corrected chi connectivity index (χ1v) is 5.80. The average molecular weight is 275 g/mol. The van der Waals surface area contributed by atoms with Gasteiger partial charge in [-0.15, -0.1) is 0 Å². The number of nitrogens with zero attached hydrogens (tertiary/aromatic N) is 2. The van der Waals surface area contributed by atoms with Gasteiger partial charge in [-0.25, -0.2) is 9.18 Å². The smallest absolute Gasteiger partial charge is 0.351 e. The molecule has 0 saturated heterocycles. The summed E-state index contributed by atoms with van der Waals surface area (Å²) in [6.07, 6.45) is -3.64. The number of anilines is 1. The quantitative estimate of drug-likeness (QED) is 0.642. The molecule has 0 aliphatic carbocycles. The topological polar surface area (TPSA) is 111 Å². The first-order chi connectivity index (χ1) is 8.86. The molecular formula is C11H18FN3O4. The first kappa shape index (κ1) is 15.5. The van der Waals surface area contributed by atoms with Crippen LogP contribution in [-0.4, -0.2) is 44.8 Å². The van der Waals surface area contributed by atoms with Crippen molar-refractivity contribution in [2.45, 2.75) is 38.5 Å². The van der Waals surface area contributed by atoms with Crippen LogP contribution in [0.4, 0.5) is 10.2 Å². The van der Waals surface area contributed by atoms with Gasteiger partial charge in [0.05, 0.1) is 6.61 Å². The maximum Gasteiger partial charge on any atom is 0.351 e. The minimum absolute atomic E-state index is 0.0737. The Hall–Kier alpha value is -1.51. The van der Waals surface area contributed by atoms with Crippen molar-refractivity contribution in [3.8, 4) is 0 Å². The molecule has 19 heavy (non-hydrogen) atoms. The van der Waals surface area contributed by atoms with Gasteiger partial charge in [0.25, 0.3) is 0 Å². The third kappa shape index (κ3) is 3.98. The largest absolute Gasteiger partial charge is 0.394 e. The number of alkyl halides is 1. The van der Waals surface area contributed by atoms with Crippen molar-refractivity contribution in [1.82, 2.24) is 9.55 Å². The molecule has 0 spiro atoms. The van der Waals surface area contributed by atoms with Crippen molar-refractivity contribution in [2.24, 2.45) is 0 Å². The third-order valence-electron chi connectivity index (χ3n) is 2.65. The molecule has 0 saturated carbocycles. The summed E-state index contributed by atoms with van der Waals surface area (Å²) in [5, 5.41) is 18.6. The Balaban J connectivity index is 2.82. The van der Waals surface area contributed by atoms with E-state index in [1.165, 1.54) is 19.2 Å². The van der Waals surface area contributed by atoms with Crippen molar-refractivity contribution < 1.29 is 19.3 Å². The number of hydrogen-bond donors (Lipinski definition) is 3. The Morgan fingerprint density at radius 2 is 2.21 bits per heavy atom. The van der Waals surface area contributed by atoms with E-state index in [1.807, 2.05) is 0 Å². The highest BCUT2D eigenvalue weighted by atomic mass is 19.1. The standard InChI is InChI=1S/C11H18FN3O4/c1-6(12)10(17)8(5-16)19-7(2)15-4-3-9(13)14-11(15)18/h3-4,6-8,10,16-17H,5H2,1-2H3,(H2,13,14,18)/t6?,7?,8-,10+/m1/s1. The maximum atomic E-state index is 13.0. The van der Waals surface area contributed by atoms with Gasteiger partial charge in [-0.2, -0.15) is 4.98 Å². The minimum Gasteiger partial charge on any atom is -0.394 e. The summed E-state index contributed by atoms with van der Waals surface area (Å²) in [6, 6.07) is 1.41. The highest BCUT2D eigenvalue weighted by molar-refractivity contribution is 5.23. The number of halogens is 1. The predicted octanol–water partition coefficient (Wildman–Crippen LogP) is -0.560. The Morgan fingerprint density at radius 3 is 2.68 bits per heavy atom. The summed E-state index contributed by atoms with van der Waals surface area (Å²) in [5.74, 6) is 0.0737. The molecule has 4 atom stereocenters. The number of hydrogen-bond acceptors (Lipinski definition) is 6. The van der Waals surface area contributed by atoms with Crippen molar-refractivity contribution in [3.63, 3.8) is 0 Å². The van der Waals surface area contributed by atoms with Crippen LogP contribution in [0.25, 0.3) is 0 Å². The molecule has 0 bridgehead atoms. The molecule has 4 N–H and O–H groups in total. The van der Waals surface area contributed by atoms with E-state index in [9.17, 15) is 14.3 Å². The van der Waals surface area contributed by atoms with E-state index in [2.05, 4.69) is 4.98 Å². The molecule has 8 heteroatoms. The van der Waals surface area contributed by atoms with Crippen LogP contribution in [0, 0.1) is 0 Å². The summed E-state index contributed by atoms with van der Waals surface area (Å²) in [4.78, 5) is 15.1. The molecule has 0 aliphatic rings. The first-order valence-electron chi connectivity index (χ1n) is 5.80. The Bertz CT molecular complexity index is 465. The predicted molar refractivity (Wildman–Crippen MR) is 66.2 cm³/mol. The normalized spacial score (nSPS) is 17.7. The van der Waals surface area contributed by atoms with E-state index in [1.54, 1.807) is 0 Å². The van der Waals surface area contributed by atoms with E-state index >= 15 is 0 Å². The summed E-state index contributed by atoms with van der Waals surface area (Å²) < 4.78 is 19.4. The molecule has 0 radical (unpaired) electrons. The number of aliphatic hydroxyl groups is 2. The molecule has 0 fully saturated rings. The summed E-state index contributed by atoms with van der Waals surface area (Å²) in [6.45, 7) is 2.09. The molecule has 2 unspecified atom stereocenters. The highest BCUT2D eigenvalue weighted by Crippen LogP contribution is 2.14. The Kier molecular flexibility index (Phi) is 5.40. The van der Waals surface area contributed by atoms with Gasteiger partial charge < -0.3 is 20.7 Å². The molecule has 7 nitrogen and oxygen atoms in total. The van der Waals surface area contributed by atoms with Gasteiger partial charge in [0.1, 0.15) is 30.4 Å². The number of ether oxygens (including phenoxy) is 1. The van der Waals surface area contributed by atoms with Crippen molar-refractivity contribution in [3.05, 3.63) is 22.7 Å². The number of aromatic nitrogens is 2. The molecule has 1 aromatic rings. The molecule has 1 aromatic heterocycles. The fourth-order valence-corrected chi connectivity index (χ4v) is 1.55. The maximum absolute atomic E-state index is 13.0. The SMILES string of the molecule is CC(F)[C@H](O)[C@@H](CO)OC(C)n1ccc(N)nc1=O. The number of nitrogens with two attached hydrogens (primary N) is 1. The van der Waals surface area contributed by atoms with Crippen LogP contribution < -0.4 is 11.4 Å². The van der Waals surface area contributed by atoms with Crippen LogP contribution in [0.5, 0.6) is 0 Å². The fraction of sp³-hybridized carbons (Fsp3) is 0.636. The molecule has 1 rings (SSSR count). The second-order valence-electron chi connectivity index (χ2n) is 4.17. The van der Waals surface area contributed by atoms with Gasteiger partial charge in [0.15, 0.2) is 0 Å². The van der Waals surface area contributed by atoms with E-state index in [-0.39, 0.29) is 5.82 Å². The van der Waals surface area contributed by atoms with Crippen LogP contribution in [0.3, 0.4) is 0 Å². The average Bonchev–Trinajstić information content (AvgIpc) is 2.34. The summed E-state index contributed by atoms with van der Waals surface area (Å²) in [7, 11) is 0. The summed E-state index contributed by atoms with van der Waals surface area (Å²) in [5.41, 5.74) is 4.72. The molecule has 108 valence electrons. The van der Waals surface area contributed by atoms with Crippen molar-refractivity contribution in [2.75, 3.05) is 12.3 Å². The number of aliphatic hydroxyl groups excluding tert-OH is 2. The van der Waals surface area contributed by atoms with Crippen LogP contribution in [0.15, 0.2) is 17.1 Å². The lowest BCUT2D eigenvalue weighted by Gasteiger charge is -2.26. The van der Waals surface area contributed by atoms with Crippen LogP contribution in [0.2, 0.25) is 0 Å². The zero-order valence-electron chi connectivity index (χ0n) is 10.7. The summed E-state index contributed by atoms with van der Waals surface area (Å²) >= 11 is 0. The van der Waals surface area contributed by atoms with Gasteiger partial charge in [-0.3, -0.25) is 4.57 Å². The minimum atomic E-state index is -1.56.